The number of rotatable bonds is 2. The lowest BCUT2D eigenvalue weighted by molar-refractivity contribution is -0.433. The topological polar surface area (TPSA) is 40.8 Å². The number of hydrogen-bond acceptors (Lipinski definition) is 2. The lowest BCUT2D eigenvalue weighted by Gasteiger charge is -2.26. The molecule has 1 heterocycles. The average molecular weight is 310 g/mol. The molecular formula is C19H20NO3+. The zero-order valence-corrected chi connectivity index (χ0v) is 13.5. The van der Waals surface area contributed by atoms with Crippen molar-refractivity contribution in [3.05, 3.63) is 65.7 Å². The Morgan fingerprint density at radius 1 is 1.09 bits per heavy atom. The molecule has 0 aromatic heterocycles. The van der Waals surface area contributed by atoms with E-state index >= 15 is 0 Å². The van der Waals surface area contributed by atoms with E-state index in [0.29, 0.717) is 5.97 Å². The quantitative estimate of drug-likeness (QED) is 0.631. The molecule has 0 radical (unpaired) electrons. The highest BCUT2D eigenvalue weighted by Crippen LogP contribution is 2.49. The first-order chi connectivity index (χ1) is 11.2. The zero-order valence-electron chi connectivity index (χ0n) is 13.5. The Kier molecular flexibility index (Phi) is 4.15. The van der Waals surface area contributed by atoms with E-state index in [1.165, 1.54) is 0 Å². The van der Waals surface area contributed by atoms with Gasteiger partial charge >= 0.3 is 5.97 Å². The van der Waals surface area contributed by atoms with Crippen LogP contribution in [0.15, 0.2) is 54.6 Å². The smallest absolute Gasteiger partial charge is 0.325 e. The number of carbonyl (C=O) groups is 1. The standard InChI is InChI=1S/C19H20NO3/c1-13(21)20-16-12-8-7-11-15(16)17(19(22-2)23-3)18(20)14-9-5-4-6-10-14/h4-12,17-18H,1-3H3/q+1/t17-,18+/m0/s1. The molecule has 0 saturated heterocycles. The van der Waals surface area contributed by atoms with Gasteiger partial charge in [-0.05, 0) is 17.2 Å². The molecule has 0 N–H and O–H groups in total. The van der Waals surface area contributed by atoms with Crippen molar-refractivity contribution in [2.24, 2.45) is 0 Å². The molecule has 0 spiro atoms. The highest BCUT2D eigenvalue weighted by molar-refractivity contribution is 5.99. The fourth-order valence-electron chi connectivity index (χ4n) is 3.39. The molecule has 118 valence electrons. The summed E-state index contributed by atoms with van der Waals surface area (Å²) in [7, 11) is 3.19. The number of ether oxygens (including phenoxy) is 1. The van der Waals surface area contributed by atoms with Crippen molar-refractivity contribution in [2.75, 3.05) is 19.1 Å². The molecule has 0 saturated carbocycles. The molecule has 4 heteroatoms. The van der Waals surface area contributed by atoms with Crippen LogP contribution in [-0.4, -0.2) is 26.1 Å². The van der Waals surface area contributed by atoms with Crippen molar-refractivity contribution in [1.29, 1.82) is 0 Å². The van der Waals surface area contributed by atoms with Crippen LogP contribution in [0.5, 0.6) is 0 Å². The highest BCUT2D eigenvalue weighted by Gasteiger charge is 2.49. The van der Waals surface area contributed by atoms with Crippen molar-refractivity contribution in [3.63, 3.8) is 0 Å². The van der Waals surface area contributed by atoms with Crippen LogP contribution in [0.2, 0.25) is 0 Å². The van der Waals surface area contributed by atoms with Gasteiger partial charge in [0.05, 0.1) is 6.04 Å². The Labute approximate surface area is 136 Å². The zero-order chi connectivity index (χ0) is 16.4. The predicted octanol–water partition coefficient (Wildman–Crippen LogP) is 3.22. The second kappa shape index (κ2) is 6.24. The number of anilines is 1. The lowest BCUT2D eigenvalue weighted by atomic mass is 9.90. The molecule has 1 aliphatic rings. The van der Waals surface area contributed by atoms with E-state index in [1.807, 2.05) is 59.5 Å². The molecule has 0 bridgehead atoms. The third-order valence-corrected chi connectivity index (χ3v) is 4.26. The minimum Gasteiger partial charge on any atom is -0.325 e. The Hall–Kier alpha value is -2.62. The maximum atomic E-state index is 12.4. The van der Waals surface area contributed by atoms with E-state index in [4.69, 9.17) is 9.16 Å². The van der Waals surface area contributed by atoms with Gasteiger partial charge < -0.3 is 14.1 Å². The van der Waals surface area contributed by atoms with E-state index in [2.05, 4.69) is 0 Å². The molecule has 2 atom stereocenters. The number of fused-ring (bicyclic) bond motifs is 1. The largest absolute Gasteiger partial charge is 0.494 e. The van der Waals surface area contributed by atoms with Gasteiger partial charge in [-0.25, -0.2) is 0 Å². The SMILES string of the molecule is COC(=[O+]C)[C@H]1c2ccccc2N(C(C)=O)[C@@H]1c1ccccc1. The fourth-order valence-corrected chi connectivity index (χ4v) is 3.39. The van der Waals surface area contributed by atoms with Crippen molar-refractivity contribution < 1.29 is 14.0 Å². The van der Waals surface area contributed by atoms with Crippen LogP contribution in [-0.2, 0) is 14.0 Å². The molecule has 1 amide bonds. The van der Waals surface area contributed by atoms with Crippen LogP contribution in [0.3, 0.4) is 0 Å². The summed E-state index contributed by atoms with van der Waals surface area (Å²) in [6.07, 6.45) is 0. The molecule has 2 aromatic carbocycles. The summed E-state index contributed by atoms with van der Waals surface area (Å²) in [4.78, 5) is 14.2. The minimum atomic E-state index is -0.180. The summed E-state index contributed by atoms with van der Waals surface area (Å²) < 4.78 is 11.0. The second-order valence-corrected chi connectivity index (χ2v) is 5.51. The summed E-state index contributed by atoms with van der Waals surface area (Å²) in [6, 6.07) is 17.7. The fraction of sp³-hybridized carbons (Fsp3) is 0.263. The van der Waals surface area contributed by atoms with Crippen molar-refractivity contribution in [3.8, 4) is 0 Å². The number of amides is 1. The van der Waals surface area contributed by atoms with Crippen molar-refractivity contribution >= 4 is 17.6 Å². The molecule has 2 aromatic rings. The van der Waals surface area contributed by atoms with Gasteiger partial charge in [0.1, 0.15) is 0 Å². The number of para-hydroxylation sites is 1. The first-order valence-corrected chi connectivity index (χ1v) is 7.57. The Morgan fingerprint density at radius 2 is 1.74 bits per heavy atom. The van der Waals surface area contributed by atoms with Gasteiger partial charge in [0, 0.05) is 12.6 Å². The first-order valence-electron chi connectivity index (χ1n) is 7.57. The van der Waals surface area contributed by atoms with Crippen molar-refractivity contribution in [1.82, 2.24) is 0 Å². The van der Waals surface area contributed by atoms with E-state index < -0.39 is 0 Å². The number of benzene rings is 2. The Balaban J connectivity index is 2.23. The summed E-state index contributed by atoms with van der Waals surface area (Å²) in [5.74, 6) is 0.350. The molecule has 3 rings (SSSR count). The van der Waals surface area contributed by atoms with Crippen molar-refractivity contribution in [2.45, 2.75) is 18.9 Å². The third-order valence-electron chi connectivity index (χ3n) is 4.26. The van der Waals surface area contributed by atoms with Crippen LogP contribution < -0.4 is 4.90 Å². The monoisotopic (exact) mass is 310 g/mol. The second-order valence-electron chi connectivity index (χ2n) is 5.51. The first kappa shape index (κ1) is 15.3. The molecule has 1 aliphatic heterocycles. The van der Waals surface area contributed by atoms with Crippen LogP contribution in [0, 0.1) is 0 Å². The van der Waals surface area contributed by atoms with Gasteiger partial charge in [-0.15, -0.1) is 0 Å². The van der Waals surface area contributed by atoms with Gasteiger partial charge in [-0.1, -0.05) is 48.5 Å². The molecule has 0 unspecified atom stereocenters. The summed E-state index contributed by atoms with van der Waals surface area (Å²) >= 11 is 0. The maximum absolute atomic E-state index is 12.4. The van der Waals surface area contributed by atoms with Gasteiger partial charge in [0.25, 0.3) is 0 Å². The number of carbonyl (C=O) groups excluding carboxylic acids is 2. The average Bonchev–Trinajstić information content (AvgIpc) is 2.92. The maximum Gasteiger partial charge on any atom is 0.494 e. The van der Waals surface area contributed by atoms with E-state index in [9.17, 15) is 4.79 Å². The van der Waals surface area contributed by atoms with Crippen LogP contribution in [0.1, 0.15) is 30.0 Å². The van der Waals surface area contributed by atoms with Gasteiger partial charge in [-0.3, -0.25) is 4.79 Å². The molecule has 0 fully saturated rings. The minimum absolute atomic E-state index is 0.000333. The van der Waals surface area contributed by atoms with E-state index in [-0.39, 0.29) is 17.9 Å². The van der Waals surface area contributed by atoms with Gasteiger partial charge in [0.15, 0.2) is 20.1 Å². The van der Waals surface area contributed by atoms with Gasteiger partial charge in [0.2, 0.25) is 5.91 Å². The summed E-state index contributed by atoms with van der Waals surface area (Å²) in [5, 5.41) is 0. The predicted molar refractivity (Wildman–Crippen MR) is 89.5 cm³/mol. The molecule has 23 heavy (non-hydrogen) atoms. The molecule has 0 aliphatic carbocycles. The van der Waals surface area contributed by atoms with Crippen LogP contribution in [0.4, 0.5) is 5.69 Å². The lowest BCUT2D eigenvalue weighted by Crippen LogP contribution is -2.33. The number of nitrogens with zero attached hydrogens (tertiary/aromatic N) is 1. The number of esters is 1. The highest BCUT2D eigenvalue weighted by atomic mass is 16.6. The molecule has 4 nitrogen and oxygen atoms in total. The van der Waals surface area contributed by atoms with Crippen LogP contribution in [0.25, 0.3) is 0 Å². The number of methoxy groups -OCH3 is 1. The van der Waals surface area contributed by atoms with E-state index in [1.54, 1.807) is 21.1 Å². The Morgan fingerprint density at radius 3 is 2.35 bits per heavy atom. The van der Waals surface area contributed by atoms with Gasteiger partial charge in [-0.2, -0.15) is 0 Å². The Bertz CT molecular complexity index is 739. The molecular weight excluding hydrogens is 290 g/mol. The van der Waals surface area contributed by atoms with E-state index in [0.717, 1.165) is 16.8 Å². The number of hydrogen-bond donors (Lipinski definition) is 0. The van der Waals surface area contributed by atoms with Crippen LogP contribution >= 0.6 is 0 Å². The third kappa shape index (κ3) is 2.50. The summed E-state index contributed by atoms with van der Waals surface area (Å²) in [5.41, 5.74) is 3.00. The summed E-state index contributed by atoms with van der Waals surface area (Å²) in [6.45, 7) is 1.59. The normalized spacial score (nSPS) is 20.3.